The van der Waals surface area contributed by atoms with Gasteiger partial charge in [-0.05, 0) is 171 Å². The molecular weight excluding hydrogens is 831 g/mol. The summed E-state index contributed by atoms with van der Waals surface area (Å²) in [6.45, 7) is 26.7. The number of allylic oxidation sites excluding steroid dienone is 1. The molecule has 7 aliphatic rings. The van der Waals surface area contributed by atoms with E-state index >= 15 is 4.79 Å². The van der Waals surface area contributed by atoms with Gasteiger partial charge in [0.2, 0.25) is 5.91 Å². The number of imidazole rings is 1. The number of ether oxygens (including phenoxy) is 1. The maximum Gasteiger partial charge on any atom is 0.310 e. The molecule has 0 bridgehead atoms. The standard InChI is InChI=1S/C59H79N3O5/c1-36(2)40-24-29-58(51(64)62-32-14-17-44(62)49-60-34-43(61-49)39-20-18-37(3)19-21-39)31-30-56(9)41(48(40)58)22-23-47-55(8)27-25-46(53(4,5)45(55)26-28-57(47,56)10)59(52(65)66)33-42(54(59,6)7)50(63)67-35-38-15-12-11-13-16-38/h11-13,15-16,18-21,34,40-42,44-48H,1,14,17,22-33,35H2,2-10H3,(H,60,61)(H,65,66)/t40?,41-,42+,44?,45-,46+,47-,48-,55-,56-,57-,58+,59-/m1/s1. The number of likely N-dealkylation sites (tertiary alicyclic amines) is 1. The number of aromatic nitrogens is 2. The maximum atomic E-state index is 15.7. The molecule has 6 aliphatic carbocycles. The van der Waals surface area contributed by atoms with Crippen molar-refractivity contribution in [3.63, 3.8) is 0 Å². The predicted octanol–water partition coefficient (Wildman–Crippen LogP) is 13.2. The van der Waals surface area contributed by atoms with Crippen molar-refractivity contribution in [1.29, 1.82) is 0 Å². The molecule has 8 nitrogen and oxygen atoms in total. The topological polar surface area (TPSA) is 113 Å². The maximum absolute atomic E-state index is 15.7. The average Bonchev–Trinajstić information content (AvgIpc) is 4.06. The fourth-order valence-corrected chi connectivity index (χ4v) is 18.7. The molecule has 360 valence electrons. The number of esters is 1. The monoisotopic (exact) mass is 910 g/mol. The lowest BCUT2D eigenvalue weighted by Crippen LogP contribution is -2.71. The Morgan fingerprint density at radius 3 is 2.22 bits per heavy atom. The van der Waals surface area contributed by atoms with Crippen LogP contribution in [0.4, 0.5) is 0 Å². The second kappa shape index (κ2) is 15.9. The summed E-state index contributed by atoms with van der Waals surface area (Å²) >= 11 is 0. The number of nitrogens with zero attached hydrogens (tertiary/aromatic N) is 2. The lowest BCUT2D eigenvalue weighted by Gasteiger charge is -2.74. The SMILES string of the molecule is C=C(C)C1CC[C@]2(C(=O)N3CCCC3c3ncc(-c4ccc(C)cc4)[nH]3)CC[C@]3(C)[C@H](CC[C@@H]4[C@]5(C)CC[C@H]([C@@]6(C(=O)O)C[C@@H](C(=O)OCc7ccccc7)C6(C)C)C(C)(C)[C@H]5CC[C@]43C)[C@@H]12. The Morgan fingerprint density at radius 1 is 0.821 bits per heavy atom. The first kappa shape index (κ1) is 46.5. The van der Waals surface area contributed by atoms with E-state index in [0.29, 0.717) is 36.0 Å². The predicted molar refractivity (Wildman–Crippen MR) is 263 cm³/mol. The largest absolute Gasteiger partial charge is 0.481 e. The number of nitrogens with one attached hydrogen (secondary N) is 1. The molecule has 3 aromatic rings. The van der Waals surface area contributed by atoms with Crippen molar-refractivity contribution in [2.75, 3.05) is 6.54 Å². The van der Waals surface area contributed by atoms with E-state index in [-0.39, 0.29) is 57.5 Å². The van der Waals surface area contributed by atoms with Gasteiger partial charge in [-0.2, -0.15) is 0 Å². The van der Waals surface area contributed by atoms with Gasteiger partial charge in [-0.25, -0.2) is 4.98 Å². The summed E-state index contributed by atoms with van der Waals surface area (Å²) in [6, 6.07) is 18.3. The molecule has 8 heteroatoms. The molecule has 1 amide bonds. The third kappa shape index (κ3) is 6.47. The number of aliphatic carboxylic acids is 1. The molecule has 2 N–H and O–H groups in total. The summed E-state index contributed by atoms with van der Waals surface area (Å²) in [5.41, 5.74) is 3.36. The van der Waals surface area contributed by atoms with Gasteiger partial charge in [0.15, 0.2) is 0 Å². The van der Waals surface area contributed by atoms with Crippen LogP contribution in [0, 0.1) is 86.3 Å². The third-order valence-corrected chi connectivity index (χ3v) is 22.3. The average molecular weight is 910 g/mol. The first-order valence-corrected chi connectivity index (χ1v) is 26.2. The van der Waals surface area contributed by atoms with E-state index < -0.39 is 22.7 Å². The normalized spacial score (nSPS) is 40.3. The van der Waals surface area contributed by atoms with Crippen molar-refractivity contribution < 1.29 is 24.2 Å². The van der Waals surface area contributed by atoms with Gasteiger partial charge >= 0.3 is 11.9 Å². The van der Waals surface area contributed by atoms with Crippen molar-refractivity contribution in [3.8, 4) is 11.3 Å². The minimum absolute atomic E-state index is 0.0361. The van der Waals surface area contributed by atoms with Gasteiger partial charge in [-0.3, -0.25) is 14.4 Å². The molecule has 67 heavy (non-hydrogen) atoms. The molecule has 1 aliphatic heterocycles. The fraction of sp³-hybridized carbons (Fsp3) is 0.661. The van der Waals surface area contributed by atoms with E-state index in [1.807, 2.05) is 50.4 Å². The van der Waals surface area contributed by atoms with Gasteiger partial charge in [0.05, 0.1) is 34.7 Å². The number of carboxylic acid groups (broad SMARTS) is 1. The molecule has 6 saturated carbocycles. The van der Waals surface area contributed by atoms with Gasteiger partial charge in [0.1, 0.15) is 12.4 Å². The first-order valence-electron chi connectivity index (χ1n) is 26.2. The molecule has 0 radical (unpaired) electrons. The van der Waals surface area contributed by atoms with Crippen LogP contribution in [-0.4, -0.2) is 44.4 Å². The molecule has 1 saturated heterocycles. The van der Waals surface area contributed by atoms with Crippen LogP contribution in [0.25, 0.3) is 11.3 Å². The number of fused-ring (bicyclic) bond motifs is 7. The highest BCUT2D eigenvalue weighted by atomic mass is 16.5. The summed E-state index contributed by atoms with van der Waals surface area (Å²) < 4.78 is 5.87. The van der Waals surface area contributed by atoms with Gasteiger partial charge in [0.25, 0.3) is 0 Å². The summed E-state index contributed by atoms with van der Waals surface area (Å²) in [6.07, 6.45) is 14.5. The lowest BCUT2D eigenvalue weighted by atomic mass is 9.29. The number of carbonyl (C=O) groups is 3. The molecule has 2 aromatic carbocycles. The summed E-state index contributed by atoms with van der Waals surface area (Å²) in [5, 5.41) is 11.4. The van der Waals surface area contributed by atoms with Crippen molar-refractivity contribution in [3.05, 3.63) is 89.9 Å². The molecule has 2 heterocycles. The first-order chi connectivity index (χ1) is 31.7. The van der Waals surface area contributed by atoms with Crippen molar-refractivity contribution >= 4 is 17.8 Å². The van der Waals surface area contributed by atoms with Crippen LogP contribution in [0.3, 0.4) is 0 Å². The highest BCUT2D eigenvalue weighted by molar-refractivity contribution is 5.85. The van der Waals surface area contributed by atoms with Crippen LogP contribution in [0.15, 0.2) is 72.9 Å². The van der Waals surface area contributed by atoms with Gasteiger partial charge in [-0.15, -0.1) is 0 Å². The van der Waals surface area contributed by atoms with E-state index in [2.05, 4.69) is 89.2 Å². The van der Waals surface area contributed by atoms with E-state index in [1.165, 1.54) is 11.1 Å². The zero-order chi connectivity index (χ0) is 47.7. The number of hydrogen-bond donors (Lipinski definition) is 2. The van der Waals surface area contributed by atoms with Crippen LogP contribution in [0.1, 0.15) is 162 Å². The summed E-state index contributed by atoms with van der Waals surface area (Å²) in [7, 11) is 0. The number of rotatable bonds is 9. The number of carboxylic acids is 1. The van der Waals surface area contributed by atoms with E-state index in [1.54, 1.807) is 0 Å². The molecule has 1 aromatic heterocycles. The lowest BCUT2D eigenvalue weighted by molar-refractivity contribution is -0.269. The van der Waals surface area contributed by atoms with E-state index in [4.69, 9.17) is 9.72 Å². The van der Waals surface area contributed by atoms with Crippen LogP contribution in [0.2, 0.25) is 0 Å². The molecule has 2 unspecified atom stereocenters. The number of amides is 1. The zero-order valence-electron chi connectivity index (χ0n) is 42.2. The Hall–Kier alpha value is -4.20. The molecule has 10 rings (SSSR count). The Balaban J connectivity index is 0.905. The Morgan fingerprint density at radius 2 is 1.54 bits per heavy atom. The Bertz CT molecular complexity index is 2440. The molecular formula is C59H79N3O5. The van der Waals surface area contributed by atoms with Gasteiger partial charge < -0.3 is 19.7 Å². The Labute approximate surface area is 400 Å². The highest BCUT2D eigenvalue weighted by Crippen LogP contribution is 2.80. The number of H-pyrrole nitrogens is 1. The van der Waals surface area contributed by atoms with Crippen LogP contribution < -0.4 is 0 Å². The minimum Gasteiger partial charge on any atom is -0.481 e. The zero-order valence-corrected chi connectivity index (χ0v) is 42.2. The van der Waals surface area contributed by atoms with Crippen molar-refractivity contribution in [2.45, 2.75) is 158 Å². The molecule has 0 spiro atoms. The van der Waals surface area contributed by atoms with Gasteiger partial charge in [0, 0.05) is 6.54 Å². The van der Waals surface area contributed by atoms with Crippen molar-refractivity contribution in [1.82, 2.24) is 14.9 Å². The summed E-state index contributed by atoms with van der Waals surface area (Å²) in [4.78, 5) is 54.1. The Kier molecular flexibility index (Phi) is 11.1. The number of aromatic amines is 1. The number of aryl methyl sites for hydroxylation is 1. The number of carbonyl (C=O) groups excluding carboxylic acids is 2. The number of benzene rings is 2. The summed E-state index contributed by atoms with van der Waals surface area (Å²) in [5.74, 6) is 1.67. The minimum atomic E-state index is -1.01. The van der Waals surface area contributed by atoms with E-state index in [9.17, 15) is 14.7 Å². The van der Waals surface area contributed by atoms with Crippen molar-refractivity contribution in [2.24, 2.45) is 79.3 Å². The quantitative estimate of drug-likeness (QED) is 0.163. The fourth-order valence-electron chi connectivity index (χ4n) is 18.7. The molecule has 13 atom stereocenters. The second-order valence-corrected chi connectivity index (χ2v) is 25.3. The highest BCUT2D eigenvalue weighted by Gasteiger charge is 2.77. The van der Waals surface area contributed by atoms with Crippen LogP contribution in [0.5, 0.6) is 0 Å². The van der Waals surface area contributed by atoms with Crippen LogP contribution in [-0.2, 0) is 25.7 Å². The molecule has 7 fully saturated rings. The smallest absolute Gasteiger partial charge is 0.310 e. The van der Waals surface area contributed by atoms with E-state index in [0.717, 1.165) is 106 Å². The number of hydrogen-bond acceptors (Lipinski definition) is 5. The van der Waals surface area contributed by atoms with Gasteiger partial charge in [-0.1, -0.05) is 121 Å². The second-order valence-electron chi connectivity index (χ2n) is 25.3. The third-order valence-electron chi connectivity index (χ3n) is 22.3. The van der Waals surface area contributed by atoms with Crippen LogP contribution >= 0.6 is 0 Å².